The van der Waals surface area contributed by atoms with Crippen molar-refractivity contribution in [1.29, 1.82) is 0 Å². The highest BCUT2D eigenvalue weighted by molar-refractivity contribution is 5.89. The van der Waals surface area contributed by atoms with E-state index in [4.69, 9.17) is 0 Å². The van der Waals surface area contributed by atoms with Gasteiger partial charge >= 0.3 is 0 Å². The summed E-state index contributed by atoms with van der Waals surface area (Å²) in [6, 6.07) is 27.4. The summed E-state index contributed by atoms with van der Waals surface area (Å²) in [6.07, 6.45) is 13.9. The van der Waals surface area contributed by atoms with Crippen molar-refractivity contribution in [3.8, 4) is 0 Å². The molecule has 0 saturated heterocycles. The molecule has 2 aliphatic rings. The summed E-state index contributed by atoms with van der Waals surface area (Å²) in [5.41, 5.74) is 10.9. The van der Waals surface area contributed by atoms with E-state index in [0.717, 1.165) is 13.1 Å². The predicted molar refractivity (Wildman–Crippen MR) is 167 cm³/mol. The molecule has 0 aromatic heterocycles. The first-order valence-electron chi connectivity index (χ1n) is 14.4. The topological polar surface area (TPSA) is 6.48 Å². The van der Waals surface area contributed by atoms with E-state index in [1.165, 1.54) is 94.3 Å². The van der Waals surface area contributed by atoms with Gasteiger partial charge in [-0.1, -0.05) is 60.7 Å². The van der Waals surface area contributed by atoms with Crippen molar-refractivity contribution >= 4 is 46.5 Å². The minimum atomic E-state index is 1.09. The van der Waals surface area contributed by atoms with Gasteiger partial charge in [0.25, 0.3) is 0 Å². The third-order valence-corrected chi connectivity index (χ3v) is 8.23. The van der Waals surface area contributed by atoms with Gasteiger partial charge in [0.15, 0.2) is 0 Å². The summed E-state index contributed by atoms with van der Waals surface area (Å²) < 4.78 is 0. The number of nitrogens with zero attached hydrogens (tertiary/aromatic N) is 2. The number of benzene rings is 4. The van der Waals surface area contributed by atoms with Crippen LogP contribution in [-0.2, 0) is 12.8 Å². The van der Waals surface area contributed by atoms with Gasteiger partial charge < -0.3 is 9.80 Å². The molecule has 0 fully saturated rings. The van der Waals surface area contributed by atoms with Gasteiger partial charge in [-0.2, -0.15) is 0 Å². The van der Waals surface area contributed by atoms with Crippen molar-refractivity contribution in [3.63, 3.8) is 0 Å². The fraction of sp³-hybridized carbons (Fsp3) is 0.278. The molecular formula is C36H38N2. The van der Waals surface area contributed by atoms with Gasteiger partial charge in [-0.15, -0.1) is 0 Å². The number of fused-ring (bicyclic) bond motifs is 3. The lowest BCUT2D eigenvalue weighted by molar-refractivity contribution is 0.707. The van der Waals surface area contributed by atoms with Crippen LogP contribution in [0.5, 0.6) is 0 Å². The Balaban J connectivity index is 1.17. The molecule has 6 rings (SSSR count). The summed E-state index contributed by atoms with van der Waals surface area (Å²) in [4.78, 5) is 4.98. The van der Waals surface area contributed by atoms with Crippen LogP contribution in [-0.4, -0.2) is 26.2 Å². The maximum atomic E-state index is 2.49. The van der Waals surface area contributed by atoms with Gasteiger partial charge in [-0.3, -0.25) is 0 Å². The Labute approximate surface area is 227 Å². The van der Waals surface area contributed by atoms with Crippen LogP contribution in [0.2, 0.25) is 0 Å². The van der Waals surface area contributed by atoms with E-state index >= 15 is 0 Å². The van der Waals surface area contributed by atoms with E-state index in [2.05, 4.69) is 121 Å². The highest BCUT2D eigenvalue weighted by Gasteiger charge is 2.16. The summed E-state index contributed by atoms with van der Waals surface area (Å²) in [7, 11) is 0. The second kappa shape index (κ2) is 10.9. The van der Waals surface area contributed by atoms with Crippen molar-refractivity contribution in [2.24, 2.45) is 0 Å². The zero-order chi connectivity index (χ0) is 25.9. The van der Waals surface area contributed by atoms with Crippen LogP contribution in [0.4, 0.5) is 11.4 Å². The fourth-order valence-electron chi connectivity index (χ4n) is 6.13. The minimum absolute atomic E-state index is 1.09. The van der Waals surface area contributed by atoms with Gasteiger partial charge in [0.1, 0.15) is 0 Å². The van der Waals surface area contributed by atoms with Crippen molar-refractivity contribution in [1.82, 2.24) is 0 Å². The number of aryl methyl sites for hydroxylation is 2. The Morgan fingerprint density at radius 1 is 0.526 bits per heavy atom. The Bertz CT molecular complexity index is 1390. The summed E-state index contributed by atoms with van der Waals surface area (Å²) in [6.45, 7) is 9.03. The average molecular weight is 499 g/mol. The smallest absolute Gasteiger partial charge is 0.0399 e. The van der Waals surface area contributed by atoms with Crippen molar-refractivity contribution in [2.45, 2.75) is 39.5 Å². The molecule has 0 N–H and O–H groups in total. The lowest BCUT2D eigenvalue weighted by Gasteiger charge is -2.30. The maximum absolute atomic E-state index is 2.49. The third-order valence-electron chi connectivity index (χ3n) is 8.23. The van der Waals surface area contributed by atoms with Crippen LogP contribution in [0.3, 0.4) is 0 Å². The Hall–Kier alpha value is -3.78. The molecule has 4 aromatic rings. The molecule has 0 saturated carbocycles. The van der Waals surface area contributed by atoms with E-state index in [9.17, 15) is 0 Å². The molecule has 192 valence electrons. The highest BCUT2D eigenvalue weighted by atomic mass is 15.1. The first-order valence-corrected chi connectivity index (χ1v) is 14.4. The molecule has 0 unspecified atom stereocenters. The molecule has 2 heteroatoms. The molecule has 38 heavy (non-hydrogen) atoms. The third kappa shape index (κ3) is 5.13. The molecule has 4 aromatic carbocycles. The first kappa shape index (κ1) is 24.6. The van der Waals surface area contributed by atoms with E-state index in [-0.39, 0.29) is 0 Å². The van der Waals surface area contributed by atoms with Gasteiger partial charge in [0.05, 0.1) is 0 Å². The van der Waals surface area contributed by atoms with Crippen molar-refractivity contribution in [3.05, 3.63) is 106 Å². The van der Waals surface area contributed by atoms with E-state index < -0.39 is 0 Å². The molecular weight excluding hydrogens is 460 g/mol. The average Bonchev–Trinajstić information content (AvgIpc) is 2.97. The van der Waals surface area contributed by atoms with Gasteiger partial charge in [-0.25, -0.2) is 0 Å². The molecule has 0 aliphatic carbocycles. The van der Waals surface area contributed by atoms with E-state index in [1.54, 1.807) is 0 Å². The Morgan fingerprint density at radius 3 is 1.34 bits per heavy atom. The fourth-order valence-corrected chi connectivity index (χ4v) is 6.13. The molecule has 2 nitrogen and oxygen atoms in total. The lowest BCUT2D eigenvalue weighted by atomic mass is 9.98. The quantitative estimate of drug-likeness (QED) is 0.245. The van der Waals surface area contributed by atoms with Gasteiger partial charge in [0, 0.05) is 37.6 Å². The first-order chi connectivity index (χ1) is 18.7. The Morgan fingerprint density at radius 2 is 0.921 bits per heavy atom. The molecule has 0 radical (unpaired) electrons. The van der Waals surface area contributed by atoms with Crippen LogP contribution < -0.4 is 9.80 Å². The predicted octanol–water partition coefficient (Wildman–Crippen LogP) is 8.73. The largest absolute Gasteiger partial charge is 0.372 e. The summed E-state index contributed by atoms with van der Waals surface area (Å²) in [5.74, 6) is 0. The zero-order valence-electron chi connectivity index (χ0n) is 22.8. The molecule has 0 atom stereocenters. The van der Waals surface area contributed by atoms with E-state index in [1.807, 2.05) is 0 Å². The molecule has 0 amide bonds. The van der Waals surface area contributed by atoms with Crippen LogP contribution in [0.1, 0.15) is 60.1 Å². The van der Waals surface area contributed by atoms with Crippen molar-refractivity contribution in [2.75, 3.05) is 36.0 Å². The van der Waals surface area contributed by atoms with Crippen LogP contribution in [0.15, 0.2) is 72.8 Å². The number of rotatable bonds is 6. The summed E-state index contributed by atoms with van der Waals surface area (Å²) >= 11 is 0. The van der Waals surface area contributed by atoms with E-state index in [0.29, 0.717) is 0 Å². The second-order valence-electron chi connectivity index (χ2n) is 10.7. The maximum Gasteiger partial charge on any atom is 0.0399 e. The zero-order valence-corrected chi connectivity index (χ0v) is 22.8. The molecule has 0 spiro atoms. The molecule has 0 bridgehead atoms. The van der Waals surface area contributed by atoms with Gasteiger partial charge in [0.2, 0.25) is 0 Å². The highest BCUT2D eigenvalue weighted by Crippen LogP contribution is 2.30. The number of anilines is 2. The standard InChI is InChI=1S/C36H38N2/c1-3-37-21-5-7-33-25-29(15-19-35(33)37)11-9-27-13-17-32-24-28(14-18-31(32)23-27)10-12-30-16-20-36-34(26-30)8-6-22-38(36)4-2/h9-20,23-26H,3-8,21-22H2,1-2H3/b11-9+,12-10+. The minimum Gasteiger partial charge on any atom is -0.372 e. The number of hydrogen-bond acceptors (Lipinski definition) is 2. The SMILES string of the molecule is CCN1CCCc2cc(/C=C/c3ccc4cc(/C=C/c5ccc6c(c5)CCCN6CC)ccc4c3)ccc21. The normalized spacial score (nSPS) is 15.4. The molecule has 2 aliphatic heterocycles. The molecule has 2 heterocycles. The van der Waals surface area contributed by atoms with Crippen molar-refractivity contribution < 1.29 is 0 Å². The van der Waals surface area contributed by atoms with Crippen LogP contribution in [0, 0.1) is 0 Å². The lowest BCUT2D eigenvalue weighted by Crippen LogP contribution is -2.28. The summed E-state index contributed by atoms with van der Waals surface area (Å²) in [5, 5.41) is 2.56. The van der Waals surface area contributed by atoms with Crippen LogP contribution in [0.25, 0.3) is 35.1 Å². The number of hydrogen-bond donors (Lipinski definition) is 0. The Kier molecular flexibility index (Phi) is 7.05. The second-order valence-corrected chi connectivity index (χ2v) is 10.7. The van der Waals surface area contributed by atoms with Crippen LogP contribution >= 0.6 is 0 Å². The monoisotopic (exact) mass is 498 g/mol. The van der Waals surface area contributed by atoms with Gasteiger partial charge in [-0.05, 0) is 120 Å².